The van der Waals surface area contributed by atoms with Crippen LogP contribution in [-0.2, 0) is 12.8 Å². The highest BCUT2D eigenvalue weighted by Crippen LogP contribution is 2.39. The topological polar surface area (TPSA) is 89.3 Å². The molecule has 0 unspecified atom stereocenters. The quantitative estimate of drug-likeness (QED) is 0.588. The molecule has 3 heterocycles. The van der Waals surface area contributed by atoms with E-state index in [2.05, 4.69) is 21.3 Å². The van der Waals surface area contributed by atoms with Crippen molar-refractivity contribution in [2.24, 2.45) is 0 Å². The smallest absolute Gasteiger partial charge is 0.257 e. The van der Waals surface area contributed by atoms with Gasteiger partial charge in [0.15, 0.2) is 0 Å². The molecular weight excluding hydrogens is 458 g/mol. The van der Waals surface area contributed by atoms with Gasteiger partial charge in [-0.25, -0.2) is 0 Å². The van der Waals surface area contributed by atoms with E-state index < -0.39 is 0 Å². The van der Waals surface area contributed by atoms with Gasteiger partial charge in [0.2, 0.25) is 0 Å². The first kappa shape index (κ1) is 23.1. The van der Waals surface area contributed by atoms with E-state index in [0.29, 0.717) is 34.8 Å². The minimum Gasteiger partial charge on any atom is -0.370 e. The van der Waals surface area contributed by atoms with Crippen molar-refractivity contribution in [3.8, 4) is 6.07 Å². The van der Waals surface area contributed by atoms with Crippen LogP contribution < -0.4 is 10.2 Å². The average molecular weight is 486 g/mol. The molecule has 1 aliphatic heterocycles. The summed E-state index contributed by atoms with van der Waals surface area (Å²) >= 11 is 1.55. The maximum Gasteiger partial charge on any atom is 0.257 e. The first-order valence-electron chi connectivity index (χ1n) is 12.0. The summed E-state index contributed by atoms with van der Waals surface area (Å²) in [6.45, 7) is 2.86. The first-order chi connectivity index (χ1) is 17.1. The zero-order chi connectivity index (χ0) is 24.2. The van der Waals surface area contributed by atoms with Crippen molar-refractivity contribution < 1.29 is 9.59 Å². The van der Waals surface area contributed by atoms with E-state index in [4.69, 9.17) is 5.26 Å². The Morgan fingerprint density at radius 3 is 2.60 bits per heavy atom. The van der Waals surface area contributed by atoms with Crippen molar-refractivity contribution in [1.29, 1.82) is 5.26 Å². The number of hydrogen-bond donors (Lipinski definition) is 1. The van der Waals surface area contributed by atoms with Gasteiger partial charge in [0.25, 0.3) is 11.8 Å². The van der Waals surface area contributed by atoms with E-state index >= 15 is 0 Å². The Hall–Kier alpha value is -3.70. The van der Waals surface area contributed by atoms with Gasteiger partial charge in [-0.1, -0.05) is 0 Å². The maximum atomic E-state index is 13.9. The van der Waals surface area contributed by atoms with Crippen LogP contribution >= 0.6 is 11.3 Å². The number of nitrogens with one attached hydrogen (secondary N) is 1. The molecule has 0 saturated carbocycles. The Morgan fingerprint density at radius 2 is 1.83 bits per heavy atom. The second kappa shape index (κ2) is 10.3. The molecule has 0 spiro atoms. The molecule has 8 heteroatoms. The number of thiophene rings is 1. The molecule has 5 rings (SSSR count). The third kappa shape index (κ3) is 4.91. The van der Waals surface area contributed by atoms with E-state index in [1.165, 1.54) is 11.1 Å². The Labute approximate surface area is 209 Å². The number of aryl methyl sites for hydroxylation is 1. The van der Waals surface area contributed by atoms with Gasteiger partial charge in [-0.05, 0) is 74.1 Å². The summed E-state index contributed by atoms with van der Waals surface area (Å²) in [5.41, 5.74) is 3.97. The summed E-state index contributed by atoms with van der Waals surface area (Å²) in [4.78, 5) is 36.2. The van der Waals surface area contributed by atoms with Gasteiger partial charge < -0.3 is 15.1 Å². The Morgan fingerprint density at radius 1 is 1.00 bits per heavy atom. The zero-order valence-electron chi connectivity index (χ0n) is 19.5. The van der Waals surface area contributed by atoms with Crippen molar-refractivity contribution in [2.45, 2.75) is 32.1 Å². The highest BCUT2D eigenvalue weighted by molar-refractivity contribution is 7.17. The molecule has 2 amide bonds. The number of anilines is 2. The van der Waals surface area contributed by atoms with E-state index in [-0.39, 0.29) is 11.8 Å². The molecule has 0 radical (unpaired) electrons. The lowest BCUT2D eigenvalue weighted by atomic mass is 9.95. The van der Waals surface area contributed by atoms with Gasteiger partial charge in [0.1, 0.15) is 5.00 Å². The van der Waals surface area contributed by atoms with Crippen LogP contribution in [0.2, 0.25) is 0 Å². The van der Waals surface area contributed by atoms with Crippen LogP contribution in [-0.4, -0.2) is 47.9 Å². The van der Waals surface area contributed by atoms with Crippen molar-refractivity contribution in [1.82, 2.24) is 9.88 Å². The van der Waals surface area contributed by atoms with E-state index in [9.17, 15) is 9.59 Å². The Balaban J connectivity index is 1.37. The van der Waals surface area contributed by atoms with Crippen LogP contribution in [0.1, 0.15) is 56.0 Å². The number of aromatic nitrogens is 1. The Kier molecular flexibility index (Phi) is 6.77. The van der Waals surface area contributed by atoms with Crippen LogP contribution in [0.4, 0.5) is 10.7 Å². The van der Waals surface area contributed by atoms with Gasteiger partial charge in [-0.2, -0.15) is 5.26 Å². The van der Waals surface area contributed by atoms with Gasteiger partial charge >= 0.3 is 0 Å². The SMILES string of the molecule is N#Cc1ccc(N2CCCN(C(=O)c3c(NC(=O)c4cccnc4)sc4c3CCCC4)CC2)cc1. The van der Waals surface area contributed by atoms with Gasteiger partial charge in [0, 0.05) is 49.1 Å². The molecular formula is C27H27N5O2S. The molecule has 1 N–H and O–H groups in total. The summed E-state index contributed by atoms with van der Waals surface area (Å²) in [7, 11) is 0. The fraction of sp³-hybridized carbons (Fsp3) is 0.333. The lowest BCUT2D eigenvalue weighted by molar-refractivity contribution is 0.0767. The number of benzene rings is 1. The van der Waals surface area contributed by atoms with E-state index in [1.54, 1.807) is 29.7 Å². The number of hydrogen-bond acceptors (Lipinski definition) is 6. The van der Waals surface area contributed by atoms with Crippen LogP contribution in [0.3, 0.4) is 0 Å². The largest absolute Gasteiger partial charge is 0.370 e. The molecule has 0 atom stereocenters. The first-order valence-corrected chi connectivity index (χ1v) is 12.9. The van der Waals surface area contributed by atoms with Crippen molar-refractivity contribution in [3.63, 3.8) is 0 Å². The minimum absolute atomic E-state index is 0.00700. The number of nitriles is 1. The second-order valence-corrected chi connectivity index (χ2v) is 10.0. The maximum absolute atomic E-state index is 13.9. The van der Waals surface area contributed by atoms with Gasteiger partial charge in [-0.15, -0.1) is 11.3 Å². The van der Waals surface area contributed by atoms with Crippen LogP contribution in [0.15, 0.2) is 48.8 Å². The molecule has 1 saturated heterocycles. The molecule has 0 bridgehead atoms. The van der Waals surface area contributed by atoms with Crippen LogP contribution in [0.5, 0.6) is 0 Å². The molecule has 2 aromatic heterocycles. The summed E-state index contributed by atoms with van der Waals surface area (Å²) in [6.07, 6.45) is 8.03. The number of carbonyl (C=O) groups is 2. The molecule has 3 aromatic rings. The minimum atomic E-state index is -0.242. The third-order valence-electron chi connectivity index (χ3n) is 6.68. The lowest BCUT2D eigenvalue weighted by Crippen LogP contribution is -2.36. The number of fused-ring (bicyclic) bond motifs is 1. The summed E-state index contributed by atoms with van der Waals surface area (Å²) in [6, 6.07) is 13.2. The standard InChI is InChI=1S/C27H27N5O2S/c28-17-19-8-10-21(11-9-19)31-13-4-14-32(16-15-31)27(34)24-22-6-1-2-7-23(22)35-26(24)30-25(33)20-5-3-12-29-18-20/h3,5,8-12,18H,1-2,4,6-7,13-16H2,(H,30,33). The van der Waals surface area contributed by atoms with Crippen LogP contribution in [0, 0.1) is 11.3 Å². The summed E-state index contributed by atoms with van der Waals surface area (Å²) < 4.78 is 0. The number of carbonyl (C=O) groups excluding carboxylic acids is 2. The zero-order valence-corrected chi connectivity index (χ0v) is 20.3. The summed E-state index contributed by atoms with van der Waals surface area (Å²) in [5, 5.41) is 12.7. The highest BCUT2D eigenvalue weighted by atomic mass is 32.1. The van der Waals surface area contributed by atoms with E-state index in [1.807, 2.05) is 29.2 Å². The number of amides is 2. The van der Waals surface area contributed by atoms with Crippen molar-refractivity contribution in [2.75, 3.05) is 36.4 Å². The molecule has 35 heavy (non-hydrogen) atoms. The molecule has 1 fully saturated rings. The molecule has 178 valence electrons. The van der Waals surface area contributed by atoms with Crippen molar-refractivity contribution >= 4 is 33.8 Å². The lowest BCUT2D eigenvalue weighted by Gasteiger charge is -2.24. The number of pyridine rings is 1. The van der Waals surface area contributed by atoms with Gasteiger partial charge in [-0.3, -0.25) is 14.6 Å². The monoisotopic (exact) mass is 485 g/mol. The van der Waals surface area contributed by atoms with E-state index in [0.717, 1.165) is 56.4 Å². The molecule has 1 aromatic carbocycles. The highest BCUT2D eigenvalue weighted by Gasteiger charge is 2.30. The third-order valence-corrected chi connectivity index (χ3v) is 7.89. The predicted octanol–water partition coefficient (Wildman–Crippen LogP) is 4.50. The number of rotatable bonds is 4. The Bertz CT molecular complexity index is 1260. The second-order valence-electron chi connectivity index (χ2n) is 8.90. The van der Waals surface area contributed by atoms with Crippen LogP contribution in [0.25, 0.3) is 0 Å². The molecule has 2 aliphatic rings. The average Bonchev–Trinajstić information content (AvgIpc) is 3.08. The number of nitrogens with zero attached hydrogens (tertiary/aromatic N) is 4. The molecule has 1 aliphatic carbocycles. The predicted molar refractivity (Wildman–Crippen MR) is 137 cm³/mol. The molecule has 7 nitrogen and oxygen atoms in total. The summed E-state index contributed by atoms with van der Waals surface area (Å²) in [5.74, 6) is -0.235. The van der Waals surface area contributed by atoms with Crippen molar-refractivity contribution in [3.05, 3.63) is 75.9 Å². The fourth-order valence-corrected chi connectivity index (χ4v) is 6.11. The van der Waals surface area contributed by atoms with Gasteiger partial charge in [0.05, 0.1) is 22.8 Å². The normalized spacial score (nSPS) is 15.6. The fourth-order valence-electron chi connectivity index (χ4n) is 4.84.